The topological polar surface area (TPSA) is 114 Å². The summed E-state index contributed by atoms with van der Waals surface area (Å²) in [6.07, 6.45) is 3.90. The van der Waals surface area contributed by atoms with Gasteiger partial charge < -0.3 is 5.32 Å². The zero-order valence-electron chi connectivity index (χ0n) is 15.6. The van der Waals surface area contributed by atoms with Crippen molar-refractivity contribution in [2.24, 2.45) is 5.10 Å². The summed E-state index contributed by atoms with van der Waals surface area (Å²) in [6.45, 7) is 0.534. The van der Waals surface area contributed by atoms with E-state index in [4.69, 9.17) is 0 Å². The number of hydrogen-bond donors (Lipinski definition) is 2. The van der Waals surface area contributed by atoms with E-state index in [0.29, 0.717) is 30.5 Å². The van der Waals surface area contributed by atoms with Crippen molar-refractivity contribution in [1.29, 1.82) is 0 Å². The molecule has 0 aliphatic rings. The quantitative estimate of drug-likeness (QED) is 0.243. The molecule has 9 heteroatoms. The van der Waals surface area contributed by atoms with E-state index in [9.17, 15) is 19.7 Å². The van der Waals surface area contributed by atoms with Crippen LogP contribution in [0.3, 0.4) is 0 Å². The Labute approximate surface area is 176 Å². The molecule has 8 nitrogen and oxygen atoms in total. The van der Waals surface area contributed by atoms with Gasteiger partial charge in [0, 0.05) is 35.1 Å². The van der Waals surface area contributed by atoms with E-state index >= 15 is 0 Å². The van der Waals surface area contributed by atoms with Gasteiger partial charge in [0.05, 0.1) is 16.7 Å². The number of nitrogens with one attached hydrogen (secondary N) is 2. The summed E-state index contributed by atoms with van der Waals surface area (Å²) in [4.78, 5) is 34.0. The largest absolute Gasteiger partial charge is 0.352 e. The third-order valence-corrected chi connectivity index (χ3v) is 4.66. The molecule has 0 radical (unpaired) electrons. The van der Waals surface area contributed by atoms with Crippen molar-refractivity contribution in [2.75, 3.05) is 6.54 Å². The minimum Gasteiger partial charge on any atom is -0.352 e. The predicted octanol–water partition coefficient (Wildman–Crippen LogP) is 3.80. The van der Waals surface area contributed by atoms with Crippen molar-refractivity contribution in [2.45, 2.75) is 25.7 Å². The number of nitro groups is 1. The van der Waals surface area contributed by atoms with Crippen LogP contribution in [-0.2, 0) is 4.79 Å². The summed E-state index contributed by atoms with van der Waals surface area (Å²) in [6, 6.07) is 13.2. The Balaban J connectivity index is 1.60. The van der Waals surface area contributed by atoms with Crippen LogP contribution < -0.4 is 10.7 Å². The van der Waals surface area contributed by atoms with E-state index in [0.717, 1.165) is 17.3 Å². The van der Waals surface area contributed by atoms with Crippen LogP contribution in [0.2, 0.25) is 0 Å². The normalized spacial score (nSPS) is 10.7. The van der Waals surface area contributed by atoms with Crippen LogP contribution in [0.25, 0.3) is 0 Å². The Bertz CT molecular complexity index is 902. The molecule has 0 unspecified atom stereocenters. The number of carbonyl (C=O) groups is 2. The highest BCUT2D eigenvalue weighted by atomic mass is 79.9. The number of halogens is 1. The zero-order valence-corrected chi connectivity index (χ0v) is 17.2. The molecular formula is C20H21BrN4O4. The SMILES string of the molecule is O=C(CCCCCNC(=O)c1ccccc1Br)NN=Cc1cccc([N+](=O)[O-])c1. The fourth-order valence-electron chi connectivity index (χ4n) is 2.48. The molecule has 2 aromatic carbocycles. The minimum absolute atomic E-state index is 0.0352. The maximum atomic E-state index is 12.0. The summed E-state index contributed by atoms with van der Waals surface area (Å²) in [5.74, 6) is -0.366. The molecule has 0 saturated carbocycles. The van der Waals surface area contributed by atoms with Crippen LogP contribution in [0.4, 0.5) is 5.69 Å². The van der Waals surface area contributed by atoms with Crippen LogP contribution >= 0.6 is 15.9 Å². The molecule has 0 fully saturated rings. The molecule has 2 amide bonds. The number of hydrazone groups is 1. The summed E-state index contributed by atoms with van der Waals surface area (Å²) < 4.78 is 0.750. The summed E-state index contributed by atoms with van der Waals surface area (Å²) in [5.41, 5.74) is 3.49. The van der Waals surface area contributed by atoms with Crippen molar-refractivity contribution >= 4 is 39.6 Å². The molecular weight excluding hydrogens is 440 g/mol. The maximum Gasteiger partial charge on any atom is 0.270 e. The van der Waals surface area contributed by atoms with Crippen LogP contribution in [0.15, 0.2) is 58.1 Å². The van der Waals surface area contributed by atoms with Crippen LogP contribution in [0, 0.1) is 10.1 Å². The minimum atomic E-state index is -0.489. The van der Waals surface area contributed by atoms with Gasteiger partial charge in [0.25, 0.3) is 11.6 Å². The van der Waals surface area contributed by atoms with Gasteiger partial charge in [-0.05, 0) is 40.9 Å². The van der Waals surface area contributed by atoms with Crippen molar-refractivity contribution in [1.82, 2.24) is 10.7 Å². The van der Waals surface area contributed by atoms with E-state index in [2.05, 4.69) is 31.8 Å². The lowest BCUT2D eigenvalue weighted by Crippen LogP contribution is -2.24. The highest BCUT2D eigenvalue weighted by molar-refractivity contribution is 9.10. The number of benzene rings is 2. The van der Waals surface area contributed by atoms with Gasteiger partial charge in [-0.1, -0.05) is 30.7 Å². The van der Waals surface area contributed by atoms with Crippen molar-refractivity contribution in [3.63, 3.8) is 0 Å². The standard InChI is InChI=1S/C20H21BrN4O4/c21-18-10-4-3-9-17(18)20(27)22-12-5-1-2-11-19(26)24-23-14-15-7-6-8-16(13-15)25(28)29/h3-4,6-10,13-14H,1-2,5,11-12H2,(H,22,27)(H,24,26). The third-order valence-electron chi connectivity index (χ3n) is 3.97. The second kappa shape index (κ2) is 11.7. The first-order chi connectivity index (χ1) is 14.0. The van der Waals surface area contributed by atoms with Gasteiger partial charge in [-0.3, -0.25) is 19.7 Å². The molecule has 0 heterocycles. The number of unbranched alkanes of at least 4 members (excludes halogenated alkanes) is 2. The Morgan fingerprint density at radius 3 is 2.66 bits per heavy atom. The molecule has 0 aliphatic heterocycles. The highest BCUT2D eigenvalue weighted by Crippen LogP contribution is 2.15. The Hall–Kier alpha value is -3.07. The Morgan fingerprint density at radius 2 is 1.90 bits per heavy atom. The summed E-state index contributed by atoms with van der Waals surface area (Å²) in [5, 5.41) is 17.4. The van der Waals surface area contributed by atoms with Crippen molar-refractivity contribution in [3.05, 3.63) is 74.2 Å². The summed E-state index contributed by atoms with van der Waals surface area (Å²) in [7, 11) is 0. The molecule has 0 saturated heterocycles. The number of rotatable bonds is 10. The van der Waals surface area contributed by atoms with Gasteiger partial charge in [-0.25, -0.2) is 5.43 Å². The molecule has 2 aromatic rings. The van der Waals surface area contributed by atoms with E-state index in [1.807, 2.05) is 12.1 Å². The van der Waals surface area contributed by atoms with E-state index in [-0.39, 0.29) is 17.5 Å². The number of nitrogens with zero attached hydrogens (tertiary/aromatic N) is 2. The van der Waals surface area contributed by atoms with Crippen molar-refractivity contribution in [3.8, 4) is 0 Å². The van der Waals surface area contributed by atoms with Gasteiger partial charge in [0.2, 0.25) is 5.91 Å². The zero-order chi connectivity index (χ0) is 21.1. The fraction of sp³-hybridized carbons (Fsp3) is 0.250. The number of hydrogen-bond acceptors (Lipinski definition) is 5. The first-order valence-electron chi connectivity index (χ1n) is 9.06. The maximum absolute atomic E-state index is 12.0. The van der Waals surface area contributed by atoms with E-state index in [1.54, 1.807) is 24.3 Å². The molecule has 0 bridgehead atoms. The van der Waals surface area contributed by atoms with Gasteiger partial charge in [0.1, 0.15) is 0 Å². The first-order valence-corrected chi connectivity index (χ1v) is 9.86. The molecule has 2 rings (SSSR count). The molecule has 152 valence electrons. The number of nitro benzene ring substituents is 1. The van der Waals surface area contributed by atoms with Crippen LogP contribution in [-0.4, -0.2) is 29.5 Å². The van der Waals surface area contributed by atoms with Gasteiger partial charge in [0.15, 0.2) is 0 Å². The first kappa shape index (κ1) is 22.2. The van der Waals surface area contributed by atoms with Gasteiger partial charge in [-0.15, -0.1) is 0 Å². The van der Waals surface area contributed by atoms with E-state index < -0.39 is 4.92 Å². The lowest BCUT2D eigenvalue weighted by atomic mass is 10.2. The Morgan fingerprint density at radius 1 is 1.10 bits per heavy atom. The monoisotopic (exact) mass is 460 g/mol. The van der Waals surface area contributed by atoms with Crippen molar-refractivity contribution < 1.29 is 14.5 Å². The lowest BCUT2D eigenvalue weighted by molar-refractivity contribution is -0.384. The molecule has 29 heavy (non-hydrogen) atoms. The summed E-state index contributed by atoms with van der Waals surface area (Å²) >= 11 is 3.35. The average molecular weight is 461 g/mol. The van der Waals surface area contributed by atoms with Gasteiger partial charge in [-0.2, -0.15) is 5.10 Å². The molecule has 0 aromatic heterocycles. The van der Waals surface area contributed by atoms with E-state index in [1.165, 1.54) is 18.3 Å². The third kappa shape index (κ3) is 7.82. The Kier molecular flexibility index (Phi) is 8.97. The predicted molar refractivity (Wildman–Crippen MR) is 114 cm³/mol. The van der Waals surface area contributed by atoms with Gasteiger partial charge >= 0.3 is 0 Å². The lowest BCUT2D eigenvalue weighted by Gasteiger charge is -2.06. The number of amides is 2. The molecule has 0 atom stereocenters. The average Bonchev–Trinajstić information content (AvgIpc) is 2.71. The molecule has 0 aliphatic carbocycles. The molecule has 2 N–H and O–H groups in total. The fourth-order valence-corrected chi connectivity index (χ4v) is 2.95. The highest BCUT2D eigenvalue weighted by Gasteiger charge is 2.08. The second-order valence-electron chi connectivity index (χ2n) is 6.19. The second-order valence-corrected chi connectivity index (χ2v) is 7.05. The van der Waals surface area contributed by atoms with Crippen LogP contribution in [0.1, 0.15) is 41.6 Å². The number of carbonyl (C=O) groups excluding carboxylic acids is 2. The number of non-ortho nitro benzene ring substituents is 1. The molecule has 0 spiro atoms. The van der Waals surface area contributed by atoms with Crippen LogP contribution in [0.5, 0.6) is 0 Å². The smallest absolute Gasteiger partial charge is 0.270 e.